The van der Waals surface area contributed by atoms with Crippen molar-refractivity contribution in [2.45, 2.75) is 0 Å². The molecule has 0 spiro atoms. The van der Waals surface area contributed by atoms with E-state index in [1.165, 1.54) is 35.1 Å². The molecule has 0 bridgehead atoms. The van der Waals surface area contributed by atoms with Crippen LogP contribution in [-0.2, 0) is 0 Å². The molecule has 0 unspecified atom stereocenters. The molecule has 0 radical (unpaired) electrons. The molecule has 110 valence electrons. The number of nitrogens with zero attached hydrogens (tertiary/aromatic N) is 3. The molecule has 2 N–H and O–H groups in total. The second-order valence-corrected chi connectivity index (χ2v) is 4.45. The number of carbonyl (C=O) groups excluding carboxylic acids is 1. The Labute approximate surface area is 124 Å². The lowest BCUT2D eigenvalue weighted by Gasteiger charge is -2.04. The Balaban J connectivity index is 1.82. The molecule has 3 aromatic rings. The van der Waals surface area contributed by atoms with Gasteiger partial charge >= 0.3 is 0 Å². The van der Waals surface area contributed by atoms with Crippen LogP contribution < -0.4 is 5.32 Å². The first-order valence-corrected chi connectivity index (χ1v) is 6.40. The average Bonchev–Trinajstić information content (AvgIpc) is 2.99. The number of hydrogen-bond acceptors (Lipinski definition) is 4. The van der Waals surface area contributed by atoms with Crippen molar-refractivity contribution in [1.82, 2.24) is 14.8 Å². The molecule has 2 heterocycles. The fourth-order valence-electron chi connectivity index (χ4n) is 1.87. The van der Waals surface area contributed by atoms with E-state index in [-0.39, 0.29) is 17.3 Å². The molecular weight excluding hydrogens is 287 g/mol. The lowest BCUT2D eigenvalue weighted by Crippen LogP contribution is -2.14. The molecular formula is C15H11FN4O2. The van der Waals surface area contributed by atoms with Gasteiger partial charge < -0.3 is 10.4 Å². The van der Waals surface area contributed by atoms with Gasteiger partial charge in [0, 0.05) is 12.4 Å². The predicted molar refractivity (Wildman–Crippen MR) is 77.4 cm³/mol. The molecule has 0 aliphatic heterocycles. The predicted octanol–water partition coefficient (Wildman–Crippen LogP) is 2.36. The number of aromatic nitrogens is 3. The molecule has 0 aliphatic carbocycles. The van der Waals surface area contributed by atoms with Crippen LogP contribution in [0.25, 0.3) is 5.69 Å². The Kier molecular flexibility index (Phi) is 3.53. The molecule has 0 saturated heterocycles. The van der Waals surface area contributed by atoms with E-state index in [0.717, 1.165) is 0 Å². The van der Waals surface area contributed by atoms with E-state index in [2.05, 4.69) is 15.4 Å². The zero-order valence-electron chi connectivity index (χ0n) is 11.3. The lowest BCUT2D eigenvalue weighted by molar-refractivity contribution is 0.102. The third-order valence-corrected chi connectivity index (χ3v) is 2.91. The van der Waals surface area contributed by atoms with E-state index in [9.17, 15) is 14.3 Å². The third-order valence-electron chi connectivity index (χ3n) is 2.91. The van der Waals surface area contributed by atoms with Gasteiger partial charge in [-0.1, -0.05) is 6.07 Å². The van der Waals surface area contributed by atoms with Gasteiger partial charge in [0.25, 0.3) is 5.91 Å². The first kappa shape index (κ1) is 13.7. The molecule has 0 atom stereocenters. The second-order valence-electron chi connectivity index (χ2n) is 4.45. The molecule has 7 heteroatoms. The molecule has 2 aromatic heterocycles. The summed E-state index contributed by atoms with van der Waals surface area (Å²) in [5.41, 5.74) is 0.619. The number of halogens is 1. The summed E-state index contributed by atoms with van der Waals surface area (Å²) in [5.74, 6) is -1.00. The van der Waals surface area contributed by atoms with Gasteiger partial charge in [-0.3, -0.25) is 4.79 Å². The topological polar surface area (TPSA) is 80.0 Å². The molecule has 0 aliphatic rings. The maximum atomic E-state index is 13.2. The highest BCUT2D eigenvalue weighted by molar-refractivity contribution is 6.02. The first-order chi connectivity index (χ1) is 10.6. The molecule has 0 saturated carbocycles. The largest absolute Gasteiger partial charge is 0.504 e. The second kappa shape index (κ2) is 5.65. The Morgan fingerprint density at radius 2 is 2.09 bits per heavy atom. The lowest BCUT2D eigenvalue weighted by atomic mass is 10.3. The van der Waals surface area contributed by atoms with Crippen LogP contribution in [0.5, 0.6) is 5.75 Å². The van der Waals surface area contributed by atoms with Crippen molar-refractivity contribution in [2.24, 2.45) is 0 Å². The van der Waals surface area contributed by atoms with E-state index in [1.54, 1.807) is 24.4 Å². The summed E-state index contributed by atoms with van der Waals surface area (Å²) in [6, 6.07) is 10.3. The van der Waals surface area contributed by atoms with E-state index in [1.807, 2.05) is 0 Å². The Bertz CT molecular complexity index is 832. The van der Waals surface area contributed by atoms with Crippen molar-refractivity contribution >= 4 is 11.7 Å². The number of pyridine rings is 1. The van der Waals surface area contributed by atoms with Crippen molar-refractivity contribution in [3.8, 4) is 11.4 Å². The summed E-state index contributed by atoms with van der Waals surface area (Å²) in [5, 5.41) is 16.1. The number of carbonyl (C=O) groups is 1. The van der Waals surface area contributed by atoms with Gasteiger partial charge in [0.1, 0.15) is 5.82 Å². The van der Waals surface area contributed by atoms with Gasteiger partial charge in [0.05, 0.1) is 5.69 Å². The zero-order valence-corrected chi connectivity index (χ0v) is 11.3. The van der Waals surface area contributed by atoms with Gasteiger partial charge in [-0.05, 0) is 36.4 Å². The highest BCUT2D eigenvalue weighted by atomic mass is 19.1. The first-order valence-electron chi connectivity index (χ1n) is 6.40. The monoisotopic (exact) mass is 298 g/mol. The van der Waals surface area contributed by atoms with Crippen LogP contribution in [0.4, 0.5) is 10.2 Å². The van der Waals surface area contributed by atoms with Gasteiger partial charge in [0.15, 0.2) is 17.3 Å². The van der Waals surface area contributed by atoms with E-state index in [4.69, 9.17) is 0 Å². The van der Waals surface area contributed by atoms with Crippen molar-refractivity contribution in [2.75, 3.05) is 5.32 Å². The van der Waals surface area contributed by atoms with Crippen LogP contribution >= 0.6 is 0 Å². The number of nitrogens with one attached hydrogen (secondary N) is 1. The molecule has 1 aromatic carbocycles. The normalized spacial score (nSPS) is 10.4. The maximum Gasteiger partial charge on any atom is 0.277 e. The van der Waals surface area contributed by atoms with Gasteiger partial charge in [-0.25, -0.2) is 14.1 Å². The Hall–Kier alpha value is -3.22. The summed E-state index contributed by atoms with van der Waals surface area (Å²) in [6.45, 7) is 0. The summed E-state index contributed by atoms with van der Waals surface area (Å²) in [4.78, 5) is 15.9. The van der Waals surface area contributed by atoms with E-state index < -0.39 is 11.7 Å². The molecule has 1 amide bonds. The van der Waals surface area contributed by atoms with E-state index >= 15 is 0 Å². The van der Waals surface area contributed by atoms with Crippen LogP contribution in [0.15, 0.2) is 54.9 Å². The third kappa shape index (κ3) is 2.78. The van der Waals surface area contributed by atoms with Crippen LogP contribution in [0.1, 0.15) is 10.5 Å². The zero-order chi connectivity index (χ0) is 15.5. The van der Waals surface area contributed by atoms with Crippen LogP contribution in [0, 0.1) is 5.82 Å². The molecule has 3 rings (SSSR count). The van der Waals surface area contributed by atoms with Crippen molar-refractivity contribution < 1.29 is 14.3 Å². The quantitative estimate of drug-likeness (QED) is 0.778. The smallest absolute Gasteiger partial charge is 0.277 e. The summed E-state index contributed by atoms with van der Waals surface area (Å²) >= 11 is 0. The molecule has 6 nitrogen and oxygen atoms in total. The van der Waals surface area contributed by atoms with Crippen molar-refractivity contribution in [1.29, 1.82) is 0 Å². The minimum absolute atomic E-state index is 0.0489. The average molecular weight is 298 g/mol. The van der Waals surface area contributed by atoms with Crippen LogP contribution in [0.2, 0.25) is 0 Å². The van der Waals surface area contributed by atoms with Crippen molar-refractivity contribution in [3.63, 3.8) is 0 Å². The molecule has 0 fully saturated rings. The fraction of sp³-hybridized carbons (Fsp3) is 0. The number of aromatic hydroxyl groups is 1. The Morgan fingerprint density at radius 3 is 2.86 bits per heavy atom. The van der Waals surface area contributed by atoms with Crippen LogP contribution in [0.3, 0.4) is 0 Å². The summed E-state index contributed by atoms with van der Waals surface area (Å²) in [6.07, 6.45) is 2.99. The van der Waals surface area contributed by atoms with Gasteiger partial charge in [-0.15, -0.1) is 0 Å². The summed E-state index contributed by atoms with van der Waals surface area (Å²) < 4.78 is 14.6. The highest BCUT2D eigenvalue weighted by Crippen LogP contribution is 2.19. The Morgan fingerprint density at radius 1 is 1.23 bits per heavy atom. The van der Waals surface area contributed by atoms with E-state index in [0.29, 0.717) is 5.69 Å². The minimum Gasteiger partial charge on any atom is -0.504 e. The number of rotatable bonds is 3. The minimum atomic E-state index is -0.524. The SMILES string of the molecule is O=C(Nc1ncccc1O)c1ccn(-c2cccc(F)c2)n1. The van der Waals surface area contributed by atoms with Gasteiger partial charge in [-0.2, -0.15) is 5.10 Å². The standard InChI is InChI=1S/C15H11FN4O2/c16-10-3-1-4-11(9-10)20-8-6-12(19-20)15(22)18-14-13(21)5-2-7-17-14/h1-9,21H,(H,17,18,22). The van der Waals surface area contributed by atoms with Crippen LogP contribution in [-0.4, -0.2) is 25.8 Å². The fourth-order valence-corrected chi connectivity index (χ4v) is 1.87. The number of hydrogen-bond donors (Lipinski definition) is 2. The van der Waals surface area contributed by atoms with Gasteiger partial charge in [0.2, 0.25) is 0 Å². The highest BCUT2D eigenvalue weighted by Gasteiger charge is 2.13. The molecule has 22 heavy (non-hydrogen) atoms. The number of anilines is 1. The number of benzene rings is 1. The maximum absolute atomic E-state index is 13.2. The number of amides is 1. The summed E-state index contributed by atoms with van der Waals surface area (Å²) in [7, 11) is 0. The van der Waals surface area contributed by atoms with Crippen molar-refractivity contribution in [3.05, 3.63) is 66.4 Å².